The molecular weight excluding hydrogens is 524 g/mol. The average molecular weight is 562 g/mol. The van der Waals surface area contributed by atoms with Crippen LogP contribution in [0, 0.1) is 12.7 Å². The van der Waals surface area contributed by atoms with Gasteiger partial charge >= 0.3 is 0 Å². The van der Waals surface area contributed by atoms with Gasteiger partial charge in [-0.3, -0.25) is 4.57 Å². The van der Waals surface area contributed by atoms with Crippen LogP contribution < -0.4 is 0 Å². The SMILES string of the molecule is C=CC[C@H](C)c1nnc(CS(=O)(=O)[C@@H](C)[C@@H](OC(C)C)c2ncc(C)cn2)n1-c1c(F)cccc1C=C.P. The van der Waals surface area contributed by atoms with Gasteiger partial charge in [0.25, 0.3) is 0 Å². The summed E-state index contributed by atoms with van der Waals surface area (Å²) in [6, 6.07) is 4.59. The number of halogens is 1. The van der Waals surface area contributed by atoms with E-state index in [2.05, 4.69) is 33.3 Å². The van der Waals surface area contributed by atoms with Crippen LogP contribution >= 0.6 is 9.90 Å². The lowest BCUT2D eigenvalue weighted by Crippen LogP contribution is -2.32. The van der Waals surface area contributed by atoms with Gasteiger partial charge in [0.15, 0.2) is 21.5 Å². The molecule has 1 aromatic carbocycles. The van der Waals surface area contributed by atoms with E-state index < -0.39 is 32.8 Å². The van der Waals surface area contributed by atoms with Gasteiger partial charge in [-0.25, -0.2) is 22.8 Å². The van der Waals surface area contributed by atoms with Crippen LogP contribution in [0.2, 0.25) is 0 Å². The Morgan fingerprint density at radius 2 is 1.76 bits per heavy atom. The minimum Gasteiger partial charge on any atom is -0.366 e. The zero-order valence-corrected chi connectivity index (χ0v) is 24.9. The summed E-state index contributed by atoms with van der Waals surface area (Å²) in [6.45, 7) is 16.5. The molecule has 0 saturated carbocycles. The standard InChI is InChI=1S/C27H34FN5O3S.H3P/c1-8-11-19(6)27-32-31-23(33(27)24-21(9-2)12-10-13-22(24)28)16-37(34,35)20(7)25(36-17(3)4)26-29-14-18(5)15-30-26;/h8-10,12-15,17,19-20,25H,1-2,11,16H2,3-7H3;1H3/t19-,20-,25+;/m0./s1. The fourth-order valence-electron chi connectivity index (χ4n) is 4.00. The van der Waals surface area contributed by atoms with Gasteiger partial charge in [-0.15, -0.1) is 16.8 Å². The first-order valence-corrected chi connectivity index (χ1v) is 13.8. The van der Waals surface area contributed by atoms with Crippen LogP contribution in [0.3, 0.4) is 0 Å². The van der Waals surface area contributed by atoms with E-state index in [0.29, 0.717) is 17.8 Å². The molecular formula is C27H37FN5O3PS. The molecule has 0 spiro atoms. The molecule has 38 heavy (non-hydrogen) atoms. The van der Waals surface area contributed by atoms with Gasteiger partial charge in [0.05, 0.1) is 17.0 Å². The monoisotopic (exact) mass is 561 g/mol. The van der Waals surface area contributed by atoms with E-state index in [0.717, 1.165) is 5.56 Å². The van der Waals surface area contributed by atoms with E-state index in [1.54, 1.807) is 37.5 Å². The van der Waals surface area contributed by atoms with Gasteiger partial charge in [-0.1, -0.05) is 37.8 Å². The number of benzene rings is 1. The maximum atomic E-state index is 15.2. The predicted octanol–water partition coefficient (Wildman–Crippen LogP) is 5.36. The van der Waals surface area contributed by atoms with Crippen LogP contribution in [0.1, 0.15) is 74.7 Å². The minimum absolute atomic E-state index is 0. The Labute approximate surface area is 228 Å². The number of nitrogens with zero attached hydrogens (tertiary/aromatic N) is 5. The van der Waals surface area contributed by atoms with Crippen molar-refractivity contribution in [2.75, 3.05) is 0 Å². The van der Waals surface area contributed by atoms with Crippen molar-refractivity contribution in [2.45, 2.75) is 70.2 Å². The second-order valence-corrected chi connectivity index (χ2v) is 11.7. The van der Waals surface area contributed by atoms with Crippen molar-refractivity contribution in [3.8, 4) is 5.69 Å². The highest BCUT2D eigenvalue weighted by Gasteiger charge is 2.36. The van der Waals surface area contributed by atoms with Crippen molar-refractivity contribution >= 4 is 25.8 Å². The average Bonchev–Trinajstić information content (AvgIpc) is 3.24. The van der Waals surface area contributed by atoms with Crippen molar-refractivity contribution in [1.82, 2.24) is 24.7 Å². The molecule has 206 valence electrons. The second kappa shape index (κ2) is 13.3. The van der Waals surface area contributed by atoms with E-state index in [1.165, 1.54) is 16.7 Å². The molecule has 0 aliphatic rings. The second-order valence-electron chi connectivity index (χ2n) is 9.35. The highest BCUT2D eigenvalue weighted by Crippen LogP contribution is 2.31. The molecule has 8 nitrogen and oxygen atoms in total. The Morgan fingerprint density at radius 3 is 2.34 bits per heavy atom. The third kappa shape index (κ3) is 6.98. The molecule has 11 heteroatoms. The van der Waals surface area contributed by atoms with Gasteiger partial charge in [0, 0.05) is 23.9 Å². The Hall–Kier alpha value is -2.81. The number of allylic oxidation sites excluding steroid dienone is 1. The number of sulfone groups is 1. The van der Waals surface area contributed by atoms with Crippen molar-refractivity contribution in [3.05, 3.63) is 84.2 Å². The number of hydrogen-bond acceptors (Lipinski definition) is 7. The highest BCUT2D eigenvalue weighted by molar-refractivity contribution is 7.91. The molecule has 0 aliphatic carbocycles. The van der Waals surface area contributed by atoms with Gasteiger partial charge in [-0.2, -0.15) is 9.90 Å². The lowest BCUT2D eigenvalue weighted by molar-refractivity contribution is 0.00141. The summed E-state index contributed by atoms with van der Waals surface area (Å²) in [5, 5.41) is 7.47. The fourth-order valence-corrected chi connectivity index (χ4v) is 5.37. The van der Waals surface area contributed by atoms with E-state index in [4.69, 9.17) is 4.74 Å². The Morgan fingerprint density at radius 1 is 1.11 bits per heavy atom. The zero-order chi connectivity index (χ0) is 27.3. The topological polar surface area (TPSA) is 99.9 Å². The molecule has 1 unspecified atom stereocenters. The minimum atomic E-state index is -3.90. The van der Waals surface area contributed by atoms with Crippen molar-refractivity contribution in [1.29, 1.82) is 0 Å². The molecule has 0 radical (unpaired) electrons. The number of hydrogen-bond donors (Lipinski definition) is 0. The van der Waals surface area contributed by atoms with Crippen LogP contribution in [0.5, 0.6) is 0 Å². The third-order valence-corrected chi connectivity index (χ3v) is 8.02. The van der Waals surface area contributed by atoms with E-state index in [1.807, 2.05) is 27.7 Å². The maximum Gasteiger partial charge on any atom is 0.163 e. The summed E-state index contributed by atoms with van der Waals surface area (Å²) in [5.41, 5.74) is 1.50. The quantitative estimate of drug-likeness (QED) is 0.217. The first-order valence-electron chi connectivity index (χ1n) is 12.1. The largest absolute Gasteiger partial charge is 0.366 e. The molecule has 2 aromatic heterocycles. The van der Waals surface area contributed by atoms with Crippen molar-refractivity contribution in [3.63, 3.8) is 0 Å². The van der Waals surface area contributed by atoms with Crippen molar-refractivity contribution in [2.24, 2.45) is 0 Å². The van der Waals surface area contributed by atoms with Crippen LogP contribution in [-0.2, 0) is 20.3 Å². The number of aromatic nitrogens is 5. The molecule has 0 aliphatic heterocycles. The highest BCUT2D eigenvalue weighted by atomic mass is 32.2. The Kier molecular flexibility index (Phi) is 11.0. The first-order chi connectivity index (χ1) is 17.5. The summed E-state index contributed by atoms with van der Waals surface area (Å²) >= 11 is 0. The van der Waals surface area contributed by atoms with Crippen LogP contribution in [-0.4, -0.2) is 44.5 Å². The molecule has 3 rings (SSSR count). The van der Waals surface area contributed by atoms with Gasteiger partial charge in [0.2, 0.25) is 0 Å². The van der Waals surface area contributed by atoms with Crippen LogP contribution in [0.4, 0.5) is 4.39 Å². The van der Waals surface area contributed by atoms with Gasteiger partial charge in [0.1, 0.15) is 23.5 Å². The number of aryl methyl sites for hydroxylation is 1. The molecule has 4 atom stereocenters. The Bertz CT molecular complexity index is 1360. The molecule has 0 fully saturated rings. The molecule has 0 bridgehead atoms. The summed E-state index contributed by atoms with van der Waals surface area (Å²) in [7, 11) is -3.90. The van der Waals surface area contributed by atoms with E-state index >= 15 is 4.39 Å². The fraction of sp³-hybridized carbons (Fsp3) is 0.407. The van der Waals surface area contributed by atoms with E-state index in [-0.39, 0.29) is 39.3 Å². The number of rotatable bonds is 12. The molecule has 0 saturated heterocycles. The normalized spacial score (nSPS) is 14.0. The van der Waals surface area contributed by atoms with Crippen LogP contribution in [0.15, 0.2) is 49.8 Å². The van der Waals surface area contributed by atoms with Gasteiger partial charge < -0.3 is 4.74 Å². The summed E-state index contributed by atoms with van der Waals surface area (Å²) < 4.78 is 50.2. The molecule has 0 N–H and O–H groups in total. The van der Waals surface area contributed by atoms with Gasteiger partial charge in [-0.05, 0) is 45.7 Å². The molecule has 0 amide bonds. The van der Waals surface area contributed by atoms with E-state index in [9.17, 15) is 8.42 Å². The number of ether oxygens (including phenoxy) is 1. The lowest BCUT2D eigenvalue weighted by atomic mass is 10.1. The third-order valence-electron chi connectivity index (χ3n) is 5.97. The van der Waals surface area contributed by atoms with Crippen LogP contribution in [0.25, 0.3) is 11.8 Å². The molecule has 3 aromatic rings. The van der Waals surface area contributed by atoms with Crippen molar-refractivity contribution < 1.29 is 17.5 Å². The number of para-hydroxylation sites is 1. The Balaban J connectivity index is 0.00000507. The smallest absolute Gasteiger partial charge is 0.163 e. The summed E-state index contributed by atoms with van der Waals surface area (Å²) in [5.74, 6) is -0.405. The maximum absolute atomic E-state index is 15.2. The first kappa shape index (κ1) is 31.4. The lowest BCUT2D eigenvalue weighted by Gasteiger charge is -2.25. The predicted molar refractivity (Wildman–Crippen MR) is 154 cm³/mol. The zero-order valence-electron chi connectivity index (χ0n) is 22.6. The molecule has 2 heterocycles. The summed E-state index contributed by atoms with van der Waals surface area (Å²) in [6.07, 6.45) is 5.87. The summed E-state index contributed by atoms with van der Waals surface area (Å²) in [4.78, 5) is 8.63.